The fourth-order valence-electron chi connectivity index (χ4n) is 3.06. The van der Waals surface area contributed by atoms with Crippen molar-refractivity contribution in [2.45, 2.75) is 6.42 Å². The van der Waals surface area contributed by atoms with E-state index in [2.05, 4.69) is 17.3 Å². The summed E-state index contributed by atoms with van der Waals surface area (Å²) in [5, 5.41) is 2.88. The maximum atomic E-state index is 12.7. The molecule has 0 aromatic heterocycles. The van der Waals surface area contributed by atoms with Gasteiger partial charge in [0.2, 0.25) is 5.91 Å². The van der Waals surface area contributed by atoms with Crippen LogP contribution in [0, 0.1) is 0 Å². The van der Waals surface area contributed by atoms with Crippen molar-refractivity contribution in [2.24, 2.45) is 0 Å². The van der Waals surface area contributed by atoms with Gasteiger partial charge in [0.1, 0.15) is 5.75 Å². The summed E-state index contributed by atoms with van der Waals surface area (Å²) in [6.07, 6.45) is 0.265. The summed E-state index contributed by atoms with van der Waals surface area (Å²) < 4.78 is 5.12. The van der Waals surface area contributed by atoms with Crippen LogP contribution in [0.15, 0.2) is 48.5 Å². The molecule has 0 atom stereocenters. The molecular formula is C21H25N3O3. The van der Waals surface area contributed by atoms with Gasteiger partial charge in [0, 0.05) is 37.4 Å². The molecule has 3 rings (SSSR count). The number of hydrogen-bond donors (Lipinski definition) is 1. The van der Waals surface area contributed by atoms with Crippen molar-refractivity contribution in [2.75, 3.05) is 45.7 Å². The van der Waals surface area contributed by atoms with Gasteiger partial charge in [-0.15, -0.1) is 0 Å². The van der Waals surface area contributed by atoms with Gasteiger partial charge in [-0.05, 0) is 42.9 Å². The fraction of sp³-hybridized carbons (Fsp3) is 0.333. The summed E-state index contributed by atoms with van der Waals surface area (Å²) in [7, 11) is 3.67. The molecule has 6 nitrogen and oxygen atoms in total. The molecule has 27 heavy (non-hydrogen) atoms. The highest BCUT2D eigenvalue weighted by Crippen LogP contribution is 2.16. The van der Waals surface area contributed by atoms with E-state index in [1.54, 1.807) is 31.4 Å². The Morgan fingerprint density at radius 2 is 1.74 bits per heavy atom. The predicted octanol–water partition coefficient (Wildman–Crippen LogP) is 2.26. The predicted molar refractivity (Wildman–Crippen MR) is 105 cm³/mol. The number of nitrogens with zero attached hydrogens (tertiary/aromatic N) is 2. The highest BCUT2D eigenvalue weighted by molar-refractivity contribution is 5.97. The Labute approximate surface area is 159 Å². The second kappa shape index (κ2) is 8.68. The smallest absolute Gasteiger partial charge is 0.254 e. The first-order valence-electron chi connectivity index (χ1n) is 9.06. The monoisotopic (exact) mass is 367 g/mol. The van der Waals surface area contributed by atoms with Crippen LogP contribution in [0.4, 0.5) is 5.69 Å². The Morgan fingerprint density at radius 3 is 2.41 bits per heavy atom. The van der Waals surface area contributed by atoms with Gasteiger partial charge in [0.25, 0.3) is 5.91 Å². The van der Waals surface area contributed by atoms with E-state index in [-0.39, 0.29) is 18.2 Å². The van der Waals surface area contributed by atoms with Gasteiger partial charge >= 0.3 is 0 Å². The van der Waals surface area contributed by atoms with E-state index in [1.807, 2.05) is 29.2 Å². The van der Waals surface area contributed by atoms with Crippen LogP contribution in [-0.2, 0) is 11.2 Å². The number of amides is 2. The Bertz CT molecular complexity index is 797. The number of anilines is 1. The molecule has 0 spiro atoms. The fourth-order valence-corrected chi connectivity index (χ4v) is 3.06. The first kappa shape index (κ1) is 18.9. The largest absolute Gasteiger partial charge is 0.497 e. The average Bonchev–Trinajstić information content (AvgIpc) is 2.69. The van der Waals surface area contributed by atoms with Gasteiger partial charge in [-0.1, -0.05) is 18.2 Å². The summed E-state index contributed by atoms with van der Waals surface area (Å²) in [6.45, 7) is 3.21. The Kier molecular flexibility index (Phi) is 6.08. The normalized spacial score (nSPS) is 14.7. The van der Waals surface area contributed by atoms with E-state index in [0.29, 0.717) is 11.3 Å². The van der Waals surface area contributed by atoms with Gasteiger partial charge < -0.3 is 19.9 Å². The summed E-state index contributed by atoms with van der Waals surface area (Å²) in [6, 6.07) is 14.5. The maximum absolute atomic E-state index is 12.7. The molecular weight excluding hydrogens is 342 g/mol. The molecule has 1 fully saturated rings. The average molecular weight is 367 g/mol. The highest BCUT2D eigenvalue weighted by atomic mass is 16.5. The minimum atomic E-state index is -0.121. The minimum Gasteiger partial charge on any atom is -0.497 e. The number of carbonyl (C=O) groups excluding carboxylic acids is 2. The second-order valence-corrected chi connectivity index (χ2v) is 6.75. The van der Waals surface area contributed by atoms with Crippen molar-refractivity contribution in [1.29, 1.82) is 0 Å². The van der Waals surface area contributed by atoms with Crippen LogP contribution < -0.4 is 10.1 Å². The summed E-state index contributed by atoms with van der Waals surface area (Å²) in [5.74, 6) is 0.646. The van der Waals surface area contributed by atoms with E-state index in [1.165, 1.54) is 0 Å². The van der Waals surface area contributed by atoms with Crippen molar-refractivity contribution in [3.8, 4) is 5.75 Å². The summed E-state index contributed by atoms with van der Waals surface area (Å²) in [5.41, 5.74) is 2.13. The Morgan fingerprint density at radius 1 is 1.04 bits per heavy atom. The number of hydrogen-bond acceptors (Lipinski definition) is 4. The minimum absolute atomic E-state index is 0.00866. The molecule has 0 radical (unpaired) electrons. The summed E-state index contributed by atoms with van der Waals surface area (Å²) in [4.78, 5) is 29.1. The lowest BCUT2D eigenvalue weighted by atomic mass is 10.1. The second-order valence-electron chi connectivity index (χ2n) is 6.75. The number of benzene rings is 2. The van der Waals surface area contributed by atoms with Crippen LogP contribution in [0.25, 0.3) is 0 Å². The zero-order valence-corrected chi connectivity index (χ0v) is 15.8. The highest BCUT2D eigenvalue weighted by Gasteiger charge is 2.20. The van der Waals surface area contributed by atoms with Crippen LogP contribution in [0.1, 0.15) is 15.9 Å². The van der Waals surface area contributed by atoms with E-state index in [4.69, 9.17) is 4.74 Å². The molecule has 2 aromatic carbocycles. The number of ether oxygens (including phenoxy) is 1. The number of carbonyl (C=O) groups is 2. The van der Waals surface area contributed by atoms with E-state index in [0.717, 1.165) is 37.5 Å². The van der Waals surface area contributed by atoms with Gasteiger partial charge in [0.15, 0.2) is 0 Å². The molecule has 1 N–H and O–H groups in total. The SMILES string of the molecule is COc1ccc(CC(=O)Nc2cccc(C(=O)N3CCN(C)CC3)c2)cc1. The third-order valence-electron chi connectivity index (χ3n) is 4.71. The summed E-state index contributed by atoms with van der Waals surface area (Å²) >= 11 is 0. The molecule has 1 aliphatic rings. The van der Waals surface area contributed by atoms with Crippen molar-refractivity contribution in [3.05, 3.63) is 59.7 Å². The third kappa shape index (κ3) is 5.08. The number of methoxy groups -OCH3 is 1. The van der Waals surface area contributed by atoms with Crippen molar-refractivity contribution in [3.63, 3.8) is 0 Å². The molecule has 2 amide bonds. The Hall–Kier alpha value is -2.86. The lowest BCUT2D eigenvalue weighted by Gasteiger charge is -2.32. The molecule has 0 saturated carbocycles. The topological polar surface area (TPSA) is 61.9 Å². The molecule has 0 aliphatic carbocycles. The third-order valence-corrected chi connectivity index (χ3v) is 4.71. The standard InChI is InChI=1S/C21H25N3O3/c1-23-10-12-24(13-11-23)21(26)17-4-3-5-18(15-17)22-20(25)14-16-6-8-19(27-2)9-7-16/h3-9,15H,10-14H2,1-2H3,(H,22,25). The number of nitrogens with one attached hydrogen (secondary N) is 1. The lowest BCUT2D eigenvalue weighted by molar-refractivity contribution is -0.115. The van der Waals surface area contributed by atoms with Crippen LogP contribution in [0.3, 0.4) is 0 Å². The quantitative estimate of drug-likeness (QED) is 0.881. The van der Waals surface area contributed by atoms with Gasteiger partial charge in [-0.25, -0.2) is 0 Å². The van der Waals surface area contributed by atoms with Crippen LogP contribution >= 0.6 is 0 Å². The zero-order chi connectivity index (χ0) is 19.2. The van der Waals surface area contributed by atoms with Crippen molar-refractivity contribution < 1.29 is 14.3 Å². The van der Waals surface area contributed by atoms with Crippen LogP contribution in [0.2, 0.25) is 0 Å². The Balaban J connectivity index is 1.61. The van der Waals surface area contributed by atoms with E-state index in [9.17, 15) is 9.59 Å². The van der Waals surface area contributed by atoms with Crippen LogP contribution in [-0.4, -0.2) is 62.0 Å². The van der Waals surface area contributed by atoms with E-state index < -0.39 is 0 Å². The van der Waals surface area contributed by atoms with Crippen molar-refractivity contribution in [1.82, 2.24) is 9.80 Å². The first-order valence-corrected chi connectivity index (χ1v) is 9.06. The molecule has 1 heterocycles. The lowest BCUT2D eigenvalue weighted by Crippen LogP contribution is -2.47. The van der Waals surface area contributed by atoms with E-state index >= 15 is 0 Å². The molecule has 0 unspecified atom stereocenters. The molecule has 2 aromatic rings. The van der Waals surface area contributed by atoms with Crippen molar-refractivity contribution >= 4 is 17.5 Å². The molecule has 0 bridgehead atoms. The van der Waals surface area contributed by atoms with Gasteiger partial charge in [-0.2, -0.15) is 0 Å². The molecule has 142 valence electrons. The number of rotatable bonds is 5. The van der Waals surface area contributed by atoms with Gasteiger partial charge in [-0.3, -0.25) is 9.59 Å². The van der Waals surface area contributed by atoms with Crippen LogP contribution in [0.5, 0.6) is 5.75 Å². The zero-order valence-electron chi connectivity index (χ0n) is 15.8. The van der Waals surface area contributed by atoms with Gasteiger partial charge in [0.05, 0.1) is 13.5 Å². The maximum Gasteiger partial charge on any atom is 0.254 e. The molecule has 6 heteroatoms. The number of piperazine rings is 1. The number of likely N-dealkylation sites (N-methyl/N-ethyl adjacent to an activating group) is 1. The first-order chi connectivity index (χ1) is 13.0. The molecule has 1 aliphatic heterocycles. The molecule has 1 saturated heterocycles.